The van der Waals surface area contributed by atoms with Gasteiger partial charge in [-0.05, 0) is 30.7 Å². The fraction of sp³-hybridized carbons (Fsp3) is 0.417. The van der Waals surface area contributed by atoms with Crippen molar-refractivity contribution in [3.8, 4) is 0 Å². The summed E-state index contributed by atoms with van der Waals surface area (Å²) in [6, 6.07) is 5.78. The summed E-state index contributed by atoms with van der Waals surface area (Å²) in [6.45, 7) is 1.75. The molecular formula is C12H18N2O4S. The average Bonchev–Trinajstić information content (AvgIpc) is 2.34. The maximum absolute atomic E-state index is 11.8. The van der Waals surface area contributed by atoms with Gasteiger partial charge in [0.25, 0.3) is 5.91 Å². The van der Waals surface area contributed by atoms with E-state index in [1.807, 2.05) is 6.92 Å². The van der Waals surface area contributed by atoms with Crippen molar-refractivity contribution in [2.75, 3.05) is 17.6 Å². The van der Waals surface area contributed by atoms with Crippen molar-refractivity contribution in [2.24, 2.45) is 0 Å². The second-order valence-corrected chi connectivity index (χ2v) is 5.96. The highest BCUT2D eigenvalue weighted by Gasteiger charge is 2.11. The molecule has 6 nitrogen and oxygen atoms in total. The quantitative estimate of drug-likeness (QED) is 0.712. The Bertz CT molecular complexity index is 521. The Morgan fingerprint density at radius 2 is 1.89 bits per heavy atom. The van der Waals surface area contributed by atoms with Crippen LogP contribution in [-0.2, 0) is 10.0 Å². The number of anilines is 1. The Kier molecular flexibility index (Phi) is 5.31. The third-order valence-corrected chi connectivity index (χ3v) is 3.11. The molecule has 1 atom stereocenters. The molecule has 19 heavy (non-hydrogen) atoms. The first kappa shape index (κ1) is 15.5. The number of carbonyl (C=O) groups excluding carboxylic acids is 1. The molecule has 1 amide bonds. The van der Waals surface area contributed by atoms with Crippen LogP contribution in [0.5, 0.6) is 0 Å². The number of benzene rings is 1. The van der Waals surface area contributed by atoms with Crippen LogP contribution >= 0.6 is 0 Å². The summed E-state index contributed by atoms with van der Waals surface area (Å²) < 4.78 is 24.4. The number of rotatable bonds is 6. The highest BCUT2D eigenvalue weighted by Crippen LogP contribution is 2.11. The first-order valence-electron chi connectivity index (χ1n) is 5.85. The molecule has 1 unspecified atom stereocenters. The maximum atomic E-state index is 11.8. The van der Waals surface area contributed by atoms with Gasteiger partial charge in [0.2, 0.25) is 10.0 Å². The molecule has 3 N–H and O–H groups in total. The summed E-state index contributed by atoms with van der Waals surface area (Å²) in [4.78, 5) is 11.8. The number of nitrogens with one attached hydrogen (secondary N) is 2. The van der Waals surface area contributed by atoms with E-state index in [-0.39, 0.29) is 18.6 Å². The van der Waals surface area contributed by atoms with Gasteiger partial charge in [0.15, 0.2) is 0 Å². The highest BCUT2D eigenvalue weighted by atomic mass is 32.2. The number of carbonyl (C=O) groups is 1. The van der Waals surface area contributed by atoms with Crippen LogP contribution in [0.3, 0.4) is 0 Å². The number of hydrogen-bond acceptors (Lipinski definition) is 4. The Hall–Kier alpha value is -1.60. The number of sulfonamides is 1. The van der Waals surface area contributed by atoms with E-state index >= 15 is 0 Å². The lowest BCUT2D eigenvalue weighted by Gasteiger charge is -2.14. The van der Waals surface area contributed by atoms with E-state index < -0.39 is 10.0 Å². The van der Waals surface area contributed by atoms with Crippen LogP contribution in [0.25, 0.3) is 0 Å². The predicted octanol–water partition coefficient (Wildman–Crippen LogP) is 0.559. The summed E-state index contributed by atoms with van der Waals surface area (Å²) in [5, 5.41) is 11.7. The fourth-order valence-corrected chi connectivity index (χ4v) is 2.01. The SMILES string of the molecule is CCC(CO)NC(=O)c1ccc(NS(C)(=O)=O)cc1. The lowest BCUT2D eigenvalue weighted by atomic mass is 10.1. The molecule has 7 heteroatoms. The van der Waals surface area contributed by atoms with Gasteiger partial charge in [-0.3, -0.25) is 9.52 Å². The topological polar surface area (TPSA) is 95.5 Å². The zero-order valence-corrected chi connectivity index (χ0v) is 11.7. The van der Waals surface area contributed by atoms with Gasteiger partial charge in [-0.25, -0.2) is 8.42 Å². The van der Waals surface area contributed by atoms with Crippen LogP contribution in [0.1, 0.15) is 23.7 Å². The van der Waals surface area contributed by atoms with Gasteiger partial charge in [-0.2, -0.15) is 0 Å². The van der Waals surface area contributed by atoms with E-state index in [0.717, 1.165) is 6.26 Å². The van der Waals surface area contributed by atoms with Gasteiger partial charge in [0.1, 0.15) is 0 Å². The van der Waals surface area contributed by atoms with E-state index in [2.05, 4.69) is 10.0 Å². The standard InChI is InChI=1S/C12H18N2O4S/c1-3-10(8-15)13-12(16)9-4-6-11(7-5-9)14-19(2,17)18/h4-7,10,14-15H,3,8H2,1-2H3,(H,13,16). The Balaban J connectivity index is 2.73. The number of hydrogen-bond donors (Lipinski definition) is 3. The molecule has 1 aromatic carbocycles. The van der Waals surface area contributed by atoms with Gasteiger partial charge in [-0.15, -0.1) is 0 Å². The minimum Gasteiger partial charge on any atom is -0.394 e. The molecule has 0 saturated carbocycles. The molecule has 0 bridgehead atoms. The van der Waals surface area contributed by atoms with Gasteiger partial charge in [-0.1, -0.05) is 6.92 Å². The molecule has 0 aliphatic carbocycles. The van der Waals surface area contributed by atoms with Crippen LogP contribution in [0, 0.1) is 0 Å². The van der Waals surface area contributed by atoms with E-state index in [1.165, 1.54) is 24.3 Å². The minimum atomic E-state index is -3.32. The monoisotopic (exact) mass is 286 g/mol. The van der Waals surface area contributed by atoms with Gasteiger partial charge >= 0.3 is 0 Å². The Labute approximate surface area is 112 Å². The van der Waals surface area contributed by atoms with Crippen molar-refractivity contribution >= 4 is 21.6 Å². The Morgan fingerprint density at radius 3 is 2.32 bits per heavy atom. The largest absolute Gasteiger partial charge is 0.394 e. The average molecular weight is 286 g/mol. The molecule has 0 aromatic heterocycles. The molecule has 1 aromatic rings. The van der Waals surface area contributed by atoms with E-state index in [0.29, 0.717) is 17.7 Å². The first-order valence-corrected chi connectivity index (χ1v) is 7.74. The second kappa shape index (κ2) is 6.53. The van der Waals surface area contributed by atoms with Crippen LogP contribution < -0.4 is 10.0 Å². The van der Waals surface area contributed by atoms with Crippen LogP contribution in [0.15, 0.2) is 24.3 Å². The first-order chi connectivity index (χ1) is 8.85. The van der Waals surface area contributed by atoms with Gasteiger partial charge < -0.3 is 10.4 Å². The smallest absolute Gasteiger partial charge is 0.251 e. The Morgan fingerprint density at radius 1 is 1.32 bits per heavy atom. The van der Waals surface area contributed by atoms with Crippen molar-refractivity contribution < 1.29 is 18.3 Å². The third-order valence-electron chi connectivity index (χ3n) is 2.50. The fourth-order valence-electron chi connectivity index (χ4n) is 1.45. The molecule has 0 spiro atoms. The molecule has 0 aliphatic rings. The molecule has 0 heterocycles. The molecule has 1 rings (SSSR count). The number of aliphatic hydroxyl groups excluding tert-OH is 1. The summed E-state index contributed by atoms with van der Waals surface area (Å²) in [7, 11) is -3.32. The van der Waals surface area contributed by atoms with E-state index in [4.69, 9.17) is 5.11 Å². The molecule has 0 aliphatic heterocycles. The molecule has 0 saturated heterocycles. The summed E-state index contributed by atoms with van der Waals surface area (Å²) in [5.74, 6) is -0.299. The zero-order valence-electron chi connectivity index (χ0n) is 10.9. The molecular weight excluding hydrogens is 268 g/mol. The predicted molar refractivity (Wildman–Crippen MR) is 73.5 cm³/mol. The lowest BCUT2D eigenvalue weighted by Crippen LogP contribution is -2.36. The maximum Gasteiger partial charge on any atom is 0.251 e. The van der Waals surface area contributed by atoms with E-state index in [9.17, 15) is 13.2 Å². The van der Waals surface area contributed by atoms with Gasteiger partial charge in [0.05, 0.1) is 18.9 Å². The number of amides is 1. The van der Waals surface area contributed by atoms with Crippen molar-refractivity contribution in [2.45, 2.75) is 19.4 Å². The van der Waals surface area contributed by atoms with Crippen molar-refractivity contribution in [1.29, 1.82) is 0 Å². The summed E-state index contributed by atoms with van der Waals surface area (Å²) in [6.07, 6.45) is 1.69. The lowest BCUT2D eigenvalue weighted by molar-refractivity contribution is 0.0915. The van der Waals surface area contributed by atoms with Crippen LogP contribution in [0.2, 0.25) is 0 Å². The minimum absolute atomic E-state index is 0.115. The summed E-state index contributed by atoms with van der Waals surface area (Å²) >= 11 is 0. The molecule has 0 radical (unpaired) electrons. The van der Waals surface area contributed by atoms with Crippen molar-refractivity contribution in [3.05, 3.63) is 29.8 Å². The van der Waals surface area contributed by atoms with Gasteiger partial charge in [0, 0.05) is 11.3 Å². The highest BCUT2D eigenvalue weighted by molar-refractivity contribution is 7.92. The second-order valence-electron chi connectivity index (χ2n) is 4.21. The normalized spacial score (nSPS) is 12.8. The number of aliphatic hydroxyl groups is 1. The summed E-state index contributed by atoms with van der Waals surface area (Å²) in [5.41, 5.74) is 0.805. The van der Waals surface area contributed by atoms with Crippen LogP contribution in [-0.4, -0.2) is 38.3 Å². The molecule has 0 fully saturated rings. The van der Waals surface area contributed by atoms with Crippen LogP contribution in [0.4, 0.5) is 5.69 Å². The van der Waals surface area contributed by atoms with E-state index in [1.54, 1.807) is 0 Å². The van der Waals surface area contributed by atoms with Crippen molar-refractivity contribution in [3.63, 3.8) is 0 Å². The third kappa shape index (κ3) is 5.27. The zero-order chi connectivity index (χ0) is 14.5. The molecule has 106 valence electrons. The van der Waals surface area contributed by atoms with Crippen molar-refractivity contribution in [1.82, 2.24) is 5.32 Å².